The number of ether oxygens (including phenoxy) is 1. The lowest BCUT2D eigenvalue weighted by Crippen LogP contribution is -1.92. The predicted octanol–water partition coefficient (Wildman–Crippen LogP) is 3.07. The lowest BCUT2D eigenvalue weighted by Gasteiger charge is -2.00. The van der Waals surface area contributed by atoms with Crippen LogP contribution in [0.2, 0.25) is 0 Å². The van der Waals surface area contributed by atoms with Gasteiger partial charge in [-0.15, -0.1) is 11.8 Å². The third-order valence-electron chi connectivity index (χ3n) is 1.31. The summed E-state index contributed by atoms with van der Waals surface area (Å²) in [4.78, 5) is 0. The van der Waals surface area contributed by atoms with Gasteiger partial charge in [0.25, 0.3) is 0 Å². The first-order valence-electron chi connectivity index (χ1n) is 3.86. The number of rotatable bonds is 7. The first kappa shape index (κ1) is 10.3. The molecule has 0 aliphatic rings. The highest BCUT2D eigenvalue weighted by atomic mass is 32.2. The van der Waals surface area contributed by atoms with Crippen molar-refractivity contribution in [2.45, 2.75) is 32.6 Å². The van der Waals surface area contributed by atoms with Crippen molar-refractivity contribution in [1.82, 2.24) is 0 Å². The molecule has 0 aromatic rings. The van der Waals surface area contributed by atoms with E-state index in [2.05, 4.69) is 13.2 Å². The van der Waals surface area contributed by atoms with Gasteiger partial charge in [0.2, 0.25) is 0 Å². The molecule has 0 aliphatic heterocycles. The molecule has 0 fully saturated rings. The summed E-state index contributed by atoms with van der Waals surface area (Å²) >= 11 is 1.49. The quantitative estimate of drug-likeness (QED) is 0.419. The molecule has 0 atom stereocenters. The van der Waals surface area contributed by atoms with Crippen molar-refractivity contribution in [1.29, 1.82) is 0 Å². The normalized spacial score (nSPS) is 10.2. The van der Waals surface area contributed by atoms with E-state index >= 15 is 0 Å². The maximum atomic E-state index is 5.23. The first-order chi connectivity index (χ1) is 4.91. The molecule has 0 saturated heterocycles. The molecule has 1 radical (unpaired) electrons. The molecule has 61 valence electrons. The second kappa shape index (κ2) is 9.31. The van der Waals surface area contributed by atoms with Gasteiger partial charge in [0.1, 0.15) is 0 Å². The second-order valence-electron chi connectivity index (χ2n) is 2.29. The highest BCUT2D eigenvalue weighted by Crippen LogP contribution is 2.01. The van der Waals surface area contributed by atoms with Crippen LogP contribution in [0.5, 0.6) is 0 Å². The van der Waals surface area contributed by atoms with Gasteiger partial charge in [0.15, 0.2) is 0 Å². The third-order valence-corrected chi connectivity index (χ3v) is 1.64. The van der Waals surface area contributed by atoms with E-state index in [4.69, 9.17) is 4.74 Å². The minimum Gasteiger partial charge on any atom is -0.371 e. The summed E-state index contributed by atoms with van der Waals surface area (Å²) in [7, 11) is 0. The van der Waals surface area contributed by atoms with E-state index in [1.807, 2.05) is 0 Å². The van der Waals surface area contributed by atoms with E-state index < -0.39 is 0 Å². The van der Waals surface area contributed by atoms with Gasteiger partial charge >= 0.3 is 0 Å². The van der Waals surface area contributed by atoms with Crippen molar-refractivity contribution < 1.29 is 4.74 Å². The standard InChI is InChI=1S/C8H17OS/c1-3-4-5-6-7-9-8-10-2/h2-8H2,1H3. The summed E-state index contributed by atoms with van der Waals surface area (Å²) in [6.07, 6.45) is 8.75. The monoisotopic (exact) mass is 161 g/mol. The molecule has 0 aromatic carbocycles. The maximum Gasteiger partial charge on any atom is 0.0921 e. The molecule has 0 unspecified atom stereocenters. The van der Waals surface area contributed by atoms with Crippen LogP contribution in [0.15, 0.2) is 0 Å². The lowest BCUT2D eigenvalue weighted by atomic mass is 10.2. The van der Waals surface area contributed by atoms with Crippen molar-refractivity contribution >= 4 is 11.8 Å². The Bertz CT molecular complexity index is 49.2. The zero-order chi connectivity index (χ0) is 7.66. The summed E-state index contributed by atoms with van der Waals surface area (Å²) in [6.45, 7) is 3.12. The zero-order valence-electron chi connectivity index (χ0n) is 6.77. The smallest absolute Gasteiger partial charge is 0.0921 e. The Morgan fingerprint density at radius 3 is 2.70 bits per heavy atom. The van der Waals surface area contributed by atoms with Crippen molar-refractivity contribution in [3.63, 3.8) is 0 Å². The van der Waals surface area contributed by atoms with E-state index in [-0.39, 0.29) is 0 Å². The van der Waals surface area contributed by atoms with Gasteiger partial charge < -0.3 is 4.74 Å². The average molecular weight is 161 g/mol. The molecule has 0 spiro atoms. The third kappa shape index (κ3) is 8.31. The molecule has 1 nitrogen and oxygen atoms in total. The summed E-state index contributed by atoms with van der Waals surface area (Å²) in [6, 6.07) is 0. The van der Waals surface area contributed by atoms with Crippen LogP contribution in [0.3, 0.4) is 0 Å². The van der Waals surface area contributed by atoms with E-state index in [0.717, 1.165) is 12.5 Å². The largest absolute Gasteiger partial charge is 0.371 e. The minimum atomic E-state index is 0.742. The molecule has 0 aromatic heterocycles. The summed E-state index contributed by atoms with van der Waals surface area (Å²) in [5.41, 5.74) is 0. The van der Waals surface area contributed by atoms with Crippen LogP contribution in [-0.4, -0.2) is 12.5 Å². The Balaban J connectivity index is 2.65. The van der Waals surface area contributed by atoms with Crippen molar-refractivity contribution in [3.8, 4) is 0 Å². The van der Waals surface area contributed by atoms with Gasteiger partial charge in [-0.2, -0.15) is 0 Å². The molecule has 0 amide bonds. The van der Waals surface area contributed by atoms with Gasteiger partial charge in [-0.25, -0.2) is 0 Å². The first-order valence-corrected chi connectivity index (χ1v) is 5.02. The molecular formula is C8H17OS. The SMILES string of the molecule is [CH2]SCOCCCCCC. The molecule has 0 rings (SSSR count). The number of hydrogen-bond acceptors (Lipinski definition) is 2. The van der Waals surface area contributed by atoms with Crippen molar-refractivity contribution in [2.24, 2.45) is 0 Å². The minimum absolute atomic E-state index is 0.742. The summed E-state index contributed by atoms with van der Waals surface area (Å²) in [5.74, 6) is 0.742. The van der Waals surface area contributed by atoms with Crippen molar-refractivity contribution in [2.75, 3.05) is 12.5 Å². The van der Waals surface area contributed by atoms with E-state index in [1.54, 1.807) is 0 Å². The molecule has 0 heterocycles. The predicted molar refractivity (Wildman–Crippen MR) is 47.9 cm³/mol. The number of thioether (sulfide) groups is 1. The van der Waals surface area contributed by atoms with Crippen LogP contribution in [0, 0.1) is 6.26 Å². The highest BCUT2D eigenvalue weighted by molar-refractivity contribution is 8.00. The number of hydrogen-bond donors (Lipinski definition) is 0. The van der Waals surface area contributed by atoms with Gasteiger partial charge in [0.05, 0.1) is 5.94 Å². The Morgan fingerprint density at radius 2 is 2.10 bits per heavy atom. The van der Waals surface area contributed by atoms with Crippen molar-refractivity contribution in [3.05, 3.63) is 6.26 Å². The van der Waals surface area contributed by atoms with Gasteiger partial charge in [-0.1, -0.05) is 26.2 Å². The molecule has 10 heavy (non-hydrogen) atoms. The van der Waals surface area contributed by atoms with Crippen LogP contribution in [-0.2, 0) is 4.74 Å². The molecule has 0 saturated carbocycles. The molecule has 0 N–H and O–H groups in total. The van der Waals surface area contributed by atoms with Gasteiger partial charge in [-0.3, -0.25) is 0 Å². The van der Waals surface area contributed by atoms with Crippen LogP contribution in [0.25, 0.3) is 0 Å². The molecule has 2 heteroatoms. The zero-order valence-corrected chi connectivity index (χ0v) is 7.58. The van der Waals surface area contributed by atoms with Crippen LogP contribution in [0.4, 0.5) is 0 Å². The molecule has 0 aliphatic carbocycles. The van der Waals surface area contributed by atoms with Gasteiger partial charge in [-0.05, 0) is 6.42 Å². The van der Waals surface area contributed by atoms with Gasteiger partial charge in [0, 0.05) is 12.9 Å². The molecule has 0 bridgehead atoms. The fourth-order valence-electron chi connectivity index (χ4n) is 0.749. The van der Waals surface area contributed by atoms with E-state index in [0.29, 0.717) is 0 Å². The van der Waals surface area contributed by atoms with Crippen LogP contribution in [0.1, 0.15) is 32.6 Å². The highest BCUT2D eigenvalue weighted by Gasteiger charge is 1.86. The Hall–Kier alpha value is 0.310. The lowest BCUT2D eigenvalue weighted by molar-refractivity contribution is 0.177. The fraction of sp³-hybridized carbons (Fsp3) is 0.875. The number of unbranched alkanes of at least 4 members (excludes halogenated alkanes) is 3. The Morgan fingerprint density at radius 1 is 1.30 bits per heavy atom. The Labute approximate surface area is 68.5 Å². The summed E-state index contributed by atoms with van der Waals surface area (Å²) < 4.78 is 5.23. The average Bonchev–Trinajstić information content (AvgIpc) is 1.97. The second-order valence-corrected chi connectivity index (χ2v) is 2.93. The maximum absolute atomic E-state index is 5.23. The van der Waals surface area contributed by atoms with E-state index in [9.17, 15) is 0 Å². The van der Waals surface area contributed by atoms with Crippen LogP contribution < -0.4 is 0 Å². The van der Waals surface area contributed by atoms with E-state index in [1.165, 1.54) is 37.4 Å². The molecular weight excluding hydrogens is 144 g/mol. The van der Waals surface area contributed by atoms with Crippen LogP contribution >= 0.6 is 11.8 Å². The fourth-order valence-corrected chi connectivity index (χ4v) is 0.984. The Kier molecular flexibility index (Phi) is 9.60. The summed E-state index contributed by atoms with van der Waals surface area (Å²) in [5, 5.41) is 0. The topological polar surface area (TPSA) is 9.23 Å².